The molecule has 0 aliphatic carbocycles. The Morgan fingerprint density at radius 3 is 2.84 bits per heavy atom. The predicted octanol–water partition coefficient (Wildman–Crippen LogP) is 3.50. The lowest BCUT2D eigenvalue weighted by Gasteiger charge is -2.08. The van der Waals surface area contributed by atoms with Crippen molar-refractivity contribution in [3.05, 3.63) is 66.2 Å². The number of hydrogen-bond acceptors (Lipinski definition) is 2. The van der Waals surface area contributed by atoms with Crippen LogP contribution in [0, 0.1) is 5.82 Å². The average molecular weight is 252 g/mol. The third kappa shape index (κ3) is 2.09. The quantitative estimate of drug-likeness (QED) is 0.758. The van der Waals surface area contributed by atoms with Crippen LogP contribution in [0.25, 0.3) is 21.9 Å². The number of hydrogen-bond donors (Lipinski definition) is 1. The van der Waals surface area contributed by atoms with Gasteiger partial charge in [-0.15, -0.1) is 0 Å². The molecule has 1 aromatic heterocycles. The molecule has 1 heterocycles. The smallest absolute Gasteiger partial charge is 0.127 e. The Hall–Kier alpha value is -2.26. The number of nitrogens with two attached hydrogens (primary N) is 1. The zero-order chi connectivity index (χ0) is 13.2. The summed E-state index contributed by atoms with van der Waals surface area (Å²) in [6.07, 6.45) is 3.60. The summed E-state index contributed by atoms with van der Waals surface area (Å²) in [6.45, 7) is 0.197. The van der Waals surface area contributed by atoms with Gasteiger partial charge in [0.15, 0.2) is 0 Å². The topological polar surface area (TPSA) is 38.9 Å². The molecule has 0 radical (unpaired) electrons. The van der Waals surface area contributed by atoms with Crippen molar-refractivity contribution in [1.82, 2.24) is 4.98 Å². The van der Waals surface area contributed by atoms with Crippen molar-refractivity contribution in [1.29, 1.82) is 0 Å². The SMILES string of the molecule is NCc1cc(-c2cccc3ccncc23)ccc1F. The Bertz CT molecular complexity index is 732. The van der Waals surface area contributed by atoms with Gasteiger partial charge in [-0.1, -0.05) is 24.3 Å². The van der Waals surface area contributed by atoms with Crippen molar-refractivity contribution >= 4 is 10.8 Å². The molecule has 0 amide bonds. The molecule has 3 aromatic rings. The molecule has 0 fully saturated rings. The van der Waals surface area contributed by atoms with Crippen LogP contribution in [0.2, 0.25) is 0 Å². The minimum Gasteiger partial charge on any atom is -0.326 e. The van der Waals surface area contributed by atoms with Gasteiger partial charge in [0, 0.05) is 29.9 Å². The molecule has 0 bridgehead atoms. The van der Waals surface area contributed by atoms with Gasteiger partial charge in [0.2, 0.25) is 0 Å². The van der Waals surface area contributed by atoms with Gasteiger partial charge in [0.05, 0.1) is 0 Å². The molecule has 0 aliphatic rings. The minimum atomic E-state index is -0.260. The number of nitrogens with zero attached hydrogens (tertiary/aromatic N) is 1. The van der Waals surface area contributed by atoms with Crippen LogP contribution in [0.3, 0.4) is 0 Å². The lowest BCUT2D eigenvalue weighted by molar-refractivity contribution is 0.611. The zero-order valence-corrected chi connectivity index (χ0v) is 10.3. The van der Waals surface area contributed by atoms with Crippen molar-refractivity contribution in [3.63, 3.8) is 0 Å². The van der Waals surface area contributed by atoms with E-state index >= 15 is 0 Å². The number of halogens is 1. The number of rotatable bonds is 2. The van der Waals surface area contributed by atoms with E-state index in [0.29, 0.717) is 5.56 Å². The van der Waals surface area contributed by atoms with Gasteiger partial charge < -0.3 is 5.73 Å². The zero-order valence-electron chi connectivity index (χ0n) is 10.3. The first-order chi connectivity index (χ1) is 9.29. The van der Waals surface area contributed by atoms with E-state index in [9.17, 15) is 4.39 Å². The van der Waals surface area contributed by atoms with E-state index in [4.69, 9.17) is 5.73 Å². The van der Waals surface area contributed by atoms with Crippen LogP contribution in [0.15, 0.2) is 54.9 Å². The summed E-state index contributed by atoms with van der Waals surface area (Å²) in [5, 5.41) is 2.17. The molecule has 0 saturated heterocycles. The van der Waals surface area contributed by atoms with Crippen molar-refractivity contribution in [3.8, 4) is 11.1 Å². The molecular formula is C16H13FN2. The van der Waals surface area contributed by atoms with E-state index in [1.165, 1.54) is 6.07 Å². The summed E-state index contributed by atoms with van der Waals surface area (Å²) in [5.41, 5.74) is 8.08. The fourth-order valence-electron chi connectivity index (χ4n) is 2.26. The number of fused-ring (bicyclic) bond motifs is 1. The van der Waals surface area contributed by atoms with Gasteiger partial charge in [-0.25, -0.2) is 4.39 Å². The maximum atomic E-state index is 13.5. The standard InChI is InChI=1S/C16H13FN2/c17-16-5-4-12(8-13(16)9-18)14-3-1-2-11-6-7-19-10-15(11)14/h1-8,10H,9,18H2. The maximum absolute atomic E-state index is 13.5. The lowest BCUT2D eigenvalue weighted by atomic mass is 9.98. The Morgan fingerprint density at radius 2 is 2.00 bits per heavy atom. The van der Waals surface area contributed by atoms with Crippen LogP contribution in [0.1, 0.15) is 5.56 Å². The number of aromatic nitrogens is 1. The maximum Gasteiger partial charge on any atom is 0.127 e. The first kappa shape index (κ1) is 11.8. The fourth-order valence-corrected chi connectivity index (χ4v) is 2.26. The third-order valence-electron chi connectivity index (χ3n) is 3.26. The van der Waals surface area contributed by atoms with Crippen LogP contribution in [-0.2, 0) is 6.54 Å². The van der Waals surface area contributed by atoms with Gasteiger partial charge in [-0.05, 0) is 34.7 Å². The van der Waals surface area contributed by atoms with E-state index in [-0.39, 0.29) is 12.4 Å². The van der Waals surface area contributed by atoms with Crippen LogP contribution in [0.5, 0.6) is 0 Å². The van der Waals surface area contributed by atoms with Crippen molar-refractivity contribution in [2.75, 3.05) is 0 Å². The van der Waals surface area contributed by atoms with Gasteiger partial charge in [-0.3, -0.25) is 4.98 Å². The highest BCUT2D eigenvalue weighted by molar-refractivity contribution is 5.96. The van der Waals surface area contributed by atoms with Crippen LogP contribution in [0.4, 0.5) is 4.39 Å². The summed E-state index contributed by atoms with van der Waals surface area (Å²) in [4.78, 5) is 4.16. The number of benzene rings is 2. The van der Waals surface area contributed by atoms with E-state index in [0.717, 1.165) is 21.9 Å². The minimum absolute atomic E-state index is 0.197. The Balaban J connectivity index is 2.24. The number of pyridine rings is 1. The molecule has 0 aliphatic heterocycles. The Labute approximate surface area is 110 Å². The van der Waals surface area contributed by atoms with Crippen molar-refractivity contribution in [2.24, 2.45) is 5.73 Å². The second-order valence-corrected chi connectivity index (χ2v) is 4.41. The van der Waals surface area contributed by atoms with Crippen molar-refractivity contribution in [2.45, 2.75) is 6.54 Å². The Morgan fingerprint density at radius 1 is 1.11 bits per heavy atom. The summed E-state index contributed by atoms with van der Waals surface area (Å²) in [6, 6.07) is 13.0. The average Bonchev–Trinajstić information content (AvgIpc) is 2.47. The molecule has 94 valence electrons. The van der Waals surface area contributed by atoms with E-state index in [1.807, 2.05) is 30.5 Å². The molecule has 3 rings (SSSR count). The molecular weight excluding hydrogens is 239 g/mol. The van der Waals surface area contributed by atoms with Crippen LogP contribution >= 0.6 is 0 Å². The first-order valence-corrected chi connectivity index (χ1v) is 6.11. The van der Waals surface area contributed by atoms with Gasteiger partial charge >= 0.3 is 0 Å². The highest BCUT2D eigenvalue weighted by atomic mass is 19.1. The Kier molecular flexibility index (Phi) is 2.97. The summed E-state index contributed by atoms with van der Waals surface area (Å²) in [5.74, 6) is -0.260. The fraction of sp³-hybridized carbons (Fsp3) is 0.0625. The molecule has 2 N–H and O–H groups in total. The van der Waals surface area contributed by atoms with Gasteiger partial charge in [0.25, 0.3) is 0 Å². The summed E-state index contributed by atoms with van der Waals surface area (Å²) in [7, 11) is 0. The monoisotopic (exact) mass is 252 g/mol. The normalized spacial score (nSPS) is 10.8. The third-order valence-corrected chi connectivity index (χ3v) is 3.26. The molecule has 2 aromatic carbocycles. The second-order valence-electron chi connectivity index (χ2n) is 4.41. The second kappa shape index (κ2) is 4.78. The van der Waals surface area contributed by atoms with Gasteiger partial charge in [-0.2, -0.15) is 0 Å². The van der Waals surface area contributed by atoms with Gasteiger partial charge in [0.1, 0.15) is 5.82 Å². The van der Waals surface area contributed by atoms with Crippen LogP contribution < -0.4 is 5.73 Å². The van der Waals surface area contributed by atoms with Crippen LogP contribution in [-0.4, -0.2) is 4.98 Å². The van der Waals surface area contributed by atoms with Crippen molar-refractivity contribution < 1.29 is 4.39 Å². The molecule has 0 unspecified atom stereocenters. The highest BCUT2D eigenvalue weighted by Crippen LogP contribution is 2.29. The molecule has 19 heavy (non-hydrogen) atoms. The molecule has 2 nitrogen and oxygen atoms in total. The van der Waals surface area contributed by atoms with E-state index < -0.39 is 0 Å². The summed E-state index contributed by atoms with van der Waals surface area (Å²) < 4.78 is 13.5. The molecule has 3 heteroatoms. The van der Waals surface area contributed by atoms with E-state index in [1.54, 1.807) is 18.3 Å². The molecule has 0 saturated carbocycles. The lowest BCUT2D eigenvalue weighted by Crippen LogP contribution is -1.99. The molecule has 0 spiro atoms. The summed E-state index contributed by atoms with van der Waals surface area (Å²) >= 11 is 0. The van der Waals surface area contributed by atoms with E-state index in [2.05, 4.69) is 4.98 Å². The predicted molar refractivity (Wildman–Crippen MR) is 75.0 cm³/mol. The first-order valence-electron chi connectivity index (χ1n) is 6.11. The molecule has 0 atom stereocenters. The highest BCUT2D eigenvalue weighted by Gasteiger charge is 2.07. The largest absolute Gasteiger partial charge is 0.326 e.